The number of allylic oxidation sites excluding steroid dienone is 2. The molecule has 0 radical (unpaired) electrons. The summed E-state index contributed by atoms with van der Waals surface area (Å²) in [6.07, 6.45) is 4.82. The Labute approximate surface area is 69.5 Å². The molecule has 0 aromatic rings. The number of hydrogen-bond donors (Lipinski definition) is 0. The highest BCUT2D eigenvalue weighted by molar-refractivity contribution is 6.18. The summed E-state index contributed by atoms with van der Waals surface area (Å²) >= 11 is 0. The summed E-state index contributed by atoms with van der Waals surface area (Å²) < 4.78 is 0. The van der Waals surface area contributed by atoms with E-state index in [1.54, 1.807) is 12.3 Å². The van der Waals surface area contributed by atoms with E-state index in [1.165, 1.54) is 6.08 Å². The molecule has 2 rings (SSSR count). The summed E-state index contributed by atoms with van der Waals surface area (Å²) in [5.41, 5.74) is 1.42. The largest absolute Gasteiger partial charge is 0.294 e. The molecule has 60 valence electrons. The van der Waals surface area contributed by atoms with Crippen molar-refractivity contribution in [3.63, 3.8) is 0 Å². The van der Waals surface area contributed by atoms with Crippen molar-refractivity contribution >= 4 is 17.8 Å². The molecule has 0 fully saturated rings. The maximum absolute atomic E-state index is 11.2. The first-order valence-electron chi connectivity index (χ1n) is 3.74. The van der Waals surface area contributed by atoms with E-state index < -0.39 is 0 Å². The predicted molar refractivity (Wildman–Crippen MR) is 44.2 cm³/mol. The minimum absolute atomic E-state index is 0.0170. The lowest BCUT2D eigenvalue weighted by Crippen LogP contribution is -2.19. The first-order chi connectivity index (χ1) is 5.77. The number of ketones is 2. The maximum atomic E-state index is 11.2. The van der Waals surface area contributed by atoms with Gasteiger partial charge in [0.05, 0.1) is 13.0 Å². The van der Waals surface area contributed by atoms with Crippen LogP contribution in [0.4, 0.5) is 0 Å². The van der Waals surface area contributed by atoms with Gasteiger partial charge in [0.25, 0.3) is 0 Å². The number of rotatable bonds is 0. The third kappa shape index (κ3) is 1.03. The number of carbonyl (C=O) groups excluding carboxylic acids is 2. The Hall–Kier alpha value is -1.51. The minimum Gasteiger partial charge on any atom is -0.294 e. The van der Waals surface area contributed by atoms with Crippen molar-refractivity contribution in [2.45, 2.75) is 6.42 Å². The fourth-order valence-electron chi connectivity index (χ4n) is 1.36. The molecule has 0 atom stereocenters. The fourth-order valence-corrected chi connectivity index (χ4v) is 1.36. The highest BCUT2D eigenvalue weighted by Crippen LogP contribution is 2.20. The molecule has 0 amide bonds. The van der Waals surface area contributed by atoms with Gasteiger partial charge in [0.15, 0.2) is 11.6 Å². The molecular formula is C9H7NO2. The SMILES string of the molecule is O=C1C=C2CN=CC=C2C(=O)C1. The summed E-state index contributed by atoms with van der Waals surface area (Å²) in [6, 6.07) is 0. The van der Waals surface area contributed by atoms with Gasteiger partial charge in [-0.05, 0) is 17.7 Å². The molecule has 12 heavy (non-hydrogen) atoms. The maximum Gasteiger partial charge on any atom is 0.170 e. The molecule has 0 unspecified atom stereocenters. The normalized spacial score (nSPS) is 21.7. The third-order valence-electron chi connectivity index (χ3n) is 1.92. The van der Waals surface area contributed by atoms with Crippen LogP contribution in [-0.4, -0.2) is 24.3 Å². The van der Waals surface area contributed by atoms with Gasteiger partial charge in [0.1, 0.15) is 0 Å². The van der Waals surface area contributed by atoms with Gasteiger partial charge < -0.3 is 0 Å². The first kappa shape index (κ1) is 7.16. The van der Waals surface area contributed by atoms with E-state index in [9.17, 15) is 9.59 Å². The van der Waals surface area contributed by atoms with E-state index in [0.29, 0.717) is 12.1 Å². The number of aliphatic imine (C=N–C) groups is 1. The second kappa shape index (κ2) is 2.52. The number of fused-ring (bicyclic) bond motifs is 1. The topological polar surface area (TPSA) is 46.5 Å². The number of hydrogen-bond acceptors (Lipinski definition) is 3. The Morgan fingerprint density at radius 2 is 2.17 bits per heavy atom. The smallest absolute Gasteiger partial charge is 0.170 e. The molecule has 1 aliphatic carbocycles. The summed E-state index contributed by atoms with van der Waals surface area (Å²) in [5.74, 6) is -0.187. The summed E-state index contributed by atoms with van der Waals surface area (Å²) in [5, 5.41) is 0. The molecule has 0 spiro atoms. The van der Waals surface area contributed by atoms with Gasteiger partial charge in [0.2, 0.25) is 0 Å². The number of carbonyl (C=O) groups is 2. The molecular weight excluding hydrogens is 154 g/mol. The molecule has 3 nitrogen and oxygen atoms in total. The average molecular weight is 161 g/mol. The first-order valence-corrected chi connectivity index (χ1v) is 3.74. The second-order valence-corrected chi connectivity index (χ2v) is 2.81. The van der Waals surface area contributed by atoms with Crippen LogP contribution in [0.3, 0.4) is 0 Å². The average Bonchev–Trinajstić information content (AvgIpc) is 2.04. The van der Waals surface area contributed by atoms with Crippen LogP contribution in [-0.2, 0) is 9.59 Å². The second-order valence-electron chi connectivity index (χ2n) is 2.81. The number of nitrogens with zero attached hydrogens (tertiary/aromatic N) is 1. The van der Waals surface area contributed by atoms with Crippen molar-refractivity contribution in [2.24, 2.45) is 4.99 Å². The quantitative estimate of drug-likeness (QED) is 0.485. The molecule has 0 saturated carbocycles. The van der Waals surface area contributed by atoms with Gasteiger partial charge in [-0.2, -0.15) is 0 Å². The highest BCUT2D eigenvalue weighted by atomic mass is 16.1. The Bertz CT molecular complexity index is 348. The molecule has 1 aliphatic heterocycles. The predicted octanol–water partition coefficient (Wildman–Crippen LogP) is 0.465. The van der Waals surface area contributed by atoms with Gasteiger partial charge in [-0.3, -0.25) is 14.6 Å². The van der Waals surface area contributed by atoms with Gasteiger partial charge in [-0.1, -0.05) is 0 Å². The summed E-state index contributed by atoms with van der Waals surface area (Å²) in [6.45, 7) is 0.462. The van der Waals surface area contributed by atoms with Gasteiger partial charge in [-0.15, -0.1) is 0 Å². The summed E-state index contributed by atoms with van der Waals surface area (Å²) in [7, 11) is 0. The molecule has 0 aromatic heterocycles. The standard InChI is InChI=1S/C9H7NO2/c11-7-3-6-5-10-2-1-8(6)9(12)4-7/h1-3H,4-5H2. The van der Waals surface area contributed by atoms with Crippen LogP contribution in [0.15, 0.2) is 28.3 Å². The molecule has 0 aromatic carbocycles. The van der Waals surface area contributed by atoms with E-state index in [0.717, 1.165) is 5.57 Å². The molecule has 1 heterocycles. The molecule has 0 saturated heterocycles. The molecule has 0 bridgehead atoms. The van der Waals surface area contributed by atoms with E-state index in [-0.39, 0.29) is 18.0 Å². The zero-order chi connectivity index (χ0) is 8.55. The Morgan fingerprint density at radius 3 is 3.00 bits per heavy atom. The van der Waals surface area contributed by atoms with Crippen LogP contribution in [0.25, 0.3) is 0 Å². The van der Waals surface area contributed by atoms with Crippen molar-refractivity contribution in [3.8, 4) is 0 Å². The van der Waals surface area contributed by atoms with Gasteiger partial charge in [0, 0.05) is 11.8 Å². The van der Waals surface area contributed by atoms with E-state index in [2.05, 4.69) is 4.99 Å². The van der Waals surface area contributed by atoms with Crippen LogP contribution >= 0.6 is 0 Å². The van der Waals surface area contributed by atoms with Crippen molar-refractivity contribution in [3.05, 3.63) is 23.3 Å². The third-order valence-corrected chi connectivity index (χ3v) is 1.92. The van der Waals surface area contributed by atoms with Crippen LogP contribution < -0.4 is 0 Å². The number of Topliss-reactive ketones (excluding diaryl/α,β-unsaturated/α-hetero) is 1. The van der Waals surface area contributed by atoms with E-state index >= 15 is 0 Å². The van der Waals surface area contributed by atoms with Crippen molar-refractivity contribution in [1.82, 2.24) is 0 Å². The van der Waals surface area contributed by atoms with E-state index in [4.69, 9.17) is 0 Å². The zero-order valence-corrected chi connectivity index (χ0v) is 6.41. The van der Waals surface area contributed by atoms with Crippen molar-refractivity contribution in [1.29, 1.82) is 0 Å². The lowest BCUT2D eigenvalue weighted by Gasteiger charge is -2.15. The Balaban J connectivity index is 2.49. The monoisotopic (exact) mass is 161 g/mol. The van der Waals surface area contributed by atoms with E-state index in [1.807, 2.05) is 0 Å². The van der Waals surface area contributed by atoms with Gasteiger partial charge in [-0.25, -0.2) is 0 Å². The minimum atomic E-state index is -0.107. The molecule has 3 heteroatoms. The lowest BCUT2D eigenvalue weighted by atomic mass is 9.90. The van der Waals surface area contributed by atoms with Crippen LogP contribution in [0.1, 0.15) is 6.42 Å². The zero-order valence-electron chi connectivity index (χ0n) is 6.41. The van der Waals surface area contributed by atoms with Crippen molar-refractivity contribution < 1.29 is 9.59 Å². The van der Waals surface area contributed by atoms with Crippen LogP contribution in [0.5, 0.6) is 0 Å². The molecule has 2 aliphatic rings. The summed E-state index contributed by atoms with van der Waals surface area (Å²) in [4.78, 5) is 26.2. The Morgan fingerprint density at radius 1 is 1.33 bits per heavy atom. The lowest BCUT2D eigenvalue weighted by molar-refractivity contribution is -0.122. The van der Waals surface area contributed by atoms with Crippen LogP contribution in [0, 0.1) is 0 Å². The number of dihydropyridines is 1. The molecule has 0 N–H and O–H groups in total. The highest BCUT2D eigenvalue weighted by Gasteiger charge is 2.23. The van der Waals surface area contributed by atoms with Gasteiger partial charge >= 0.3 is 0 Å². The Kier molecular flexibility index (Phi) is 1.50. The van der Waals surface area contributed by atoms with Crippen molar-refractivity contribution in [2.75, 3.05) is 6.54 Å². The van der Waals surface area contributed by atoms with Crippen LogP contribution in [0.2, 0.25) is 0 Å². The fraction of sp³-hybridized carbons (Fsp3) is 0.222.